The Morgan fingerprint density at radius 3 is 2.53 bits per heavy atom. The van der Waals surface area contributed by atoms with Crippen LogP contribution in [0, 0.1) is 5.92 Å². The molecule has 2 unspecified atom stereocenters. The molecular formula is C13H26N2O2. The molecule has 17 heavy (non-hydrogen) atoms. The van der Waals surface area contributed by atoms with Crippen LogP contribution in [0.5, 0.6) is 0 Å². The van der Waals surface area contributed by atoms with Gasteiger partial charge in [-0.1, -0.05) is 13.3 Å². The molecule has 1 heterocycles. The first-order chi connectivity index (χ1) is 8.15. The monoisotopic (exact) mass is 242 g/mol. The van der Waals surface area contributed by atoms with Crippen LogP contribution in [0.1, 0.15) is 33.1 Å². The molecule has 1 saturated heterocycles. The zero-order valence-corrected chi connectivity index (χ0v) is 11.4. The number of carbonyl (C=O) groups excluding carboxylic acids is 1. The Kier molecular flexibility index (Phi) is 6.52. The van der Waals surface area contributed by atoms with Gasteiger partial charge in [0.25, 0.3) is 0 Å². The van der Waals surface area contributed by atoms with Gasteiger partial charge in [-0.2, -0.15) is 0 Å². The minimum absolute atomic E-state index is 0.0821. The first-order valence-electron chi connectivity index (χ1n) is 6.68. The lowest BCUT2D eigenvalue weighted by Gasteiger charge is -2.27. The van der Waals surface area contributed by atoms with E-state index in [1.165, 1.54) is 39.5 Å². The summed E-state index contributed by atoms with van der Waals surface area (Å²) in [5.41, 5.74) is 0. The number of ether oxygens (including phenoxy) is 1. The molecule has 1 fully saturated rings. The second-order valence-corrected chi connectivity index (χ2v) is 4.96. The third kappa shape index (κ3) is 5.04. The molecule has 0 aromatic carbocycles. The highest BCUT2D eigenvalue weighted by molar-refractivity contribution is 5.72. The van der Waals surface area contributed by atoms with E-state index in [0.717, 1.165) is 13.1 Å². The van der Waals surface area contributed by atoms with Crippen molar-refractivity contribution in [3.63, 3.8) is 0 Å². The number of rotatable bonds is 6. The van der Waals surface area contributed by atoms with Crippen molar-refractivity contribution < 1.29 is 9.53 Å². The first kappa shape index (κ1) is 14.5. The molecule has 1 aliphatic rings. The lowest BCUT2D eigenvalue weighted by atomic mass is 10.0. The van der Waals surface area contributed by atoms with Gasteiger partial charge in [0.15, 0.2) is 0 Å². The van der Waals surface area contributed by atoms with E-state index in [0.29, 0.717) is 0 Å². The normalized spacial score (nSPS) is 20.9. The molecule has 0 aromatic heterocycles. The average molecular weight is 242 g/mol. The van der Waals surface area contributed by atoms with Crippen molar-refractivity contribution in [2.75, 3.05) is 33.3 Å². The van der Waals surface area contributed by atoms with E-state index in [-0.39, 0.29) is 17.9 Å². The standard InChI is InChI=1S/C13H26N2O2/c1-11(13(16)17-3)12(2)14-7-10-15-8-5-4-6-9-15/h11-12,14H,4-10H2,1-3H3. The van der Waals surface area contributed by atoms with Crippen molar-refractivity contribution in [1.29, 1.82) is 0 Å². The highest BCUT2D eigenvalue weighted by atomic mass is 16.5. The Hall–Kier alpha value is -0.610. The average Bonchev–Trinajstić information content (AvgIpc) is 2.38. The summed E-state index contributed by atoms with van der Waals surface area (Å²) in [4.78, 5) is 13.8. The fourth-order valence-corrected chi connectivity index (χ4v) is 2.20. The molecule has 1 rings (SSSR count). The van der Waals surface area contributed by atoms with Gasteiger partial charge < -0.3 is 15.0 Å². The molecule has 0 bridgehead atoms. The molecular weight excluding hydrogens is 216 g/mol. The van der Waals surface area contributed by atoms with E-state index in [4.69, 9.17) is 4.74 Å². The van der Waals surface area contributed by atoms with E-state index in [1.807, 2.05) is 13.8 Å². The summed E-state index contributed by atoms with van der Waals surface area (Å²) in [6.45, 7) is 8.42. The molecule has 4 nitrogen and oxygen atoms in total. The maximum atomic E-state index is 11.3. The number of carbonyl (C=O) groups is 1. The third-order valence-corrected chi connectivity index (χ3v) is 3.67. The number of nitrogens with zero attached hydrogens (tertiary/aromatic N) is 1. The van der Waals surface area contributed by atoms with Crippen LogP contribution in [0.25, 0.3) is 0 Å². The van der Waals surface area contributed by atoms with E-state index in [1.54, 1.807) is 0 Å². The number of likely N-dealkylation sites (tertiary alicyclic amines) is 1. The Balaban J connectivity index is 2.14. The van der Waals surface area contributed by atoms with Crippen LogP contribution in [-0.4, -0.2) is 50.2 Å². The maximum Gasteiger partial charge on any atom is 0.309 e. The van der Waals surface area contributed by atoms with Crippen LogP contribution in [0.15, 0.2) is 0 Å². The molecule has 1 aliphatic heterocycles. The number of piperidine rings is 1. The Morgan fingerprint density at radius 2 is 1.94 bits per heavy atom. The fourth-order valence-electron chi connectivity index (χ4n) is 2.20. The zero-order chi connectivity index (χ0) is 12.7. The maximum absolute atomic E-state index is 11.3. The Morgan fingerprint density at radius 1 is 1.29 bits per heavy atom. The van der Waals surface area contributed by atoms with Crippen LogP contribution in [0.2, 0.25) is 0 Å². The van der Waals surface area contributed by atoms with Crippen LogP contribution in [0.4, 0.5) is 0 Å². The lowest BCUT2D eigenvalue weighted by Crippen LogP contribution is -2.42. The van der Waals surface area contributed by atoms with Gasteiger partial charge in [-0.25, -0.2) is 0 Å². The summed E-state index contributed by atoms with van der Waals surface area (Å²) in [7, 11) is 1.44. The summed E-state index contributed by atoms with van der Waals surface area (Å²) in [5, 5.41) is 3.40. The minimum Gasteiger partial charge on any atom is -0.469 e. The van der Waals surface area contributed by atoms with Crippen molar-refractivity contribution in [3.8, 4) is 0 Å². The van der Waals surface area contributed by atoms with E-state index < -0.39 is 0 Å². The molecule has 0 spiro atoms. The number of methoxy groups -OCH3 is 1. The third-order valence-electron chi connectivity index (χ3n) is 3.67. The molecule has 0 amide bonds. The van der Waals surface area contributed by atoms with Crippen LogP contribution >= 0.6 is 0 Å². The zero-order valence-electron chi connectivity index (χ0n) is 11.4. The quantitative estimate of drug-likeness (QED) is 0.712. The van der Waals surface area contributed by atoms with Gasteiger partial charge in [0.2, 0.25) is 0 Å². The summed E-state index contributed by atoms with van der Waals surface area (Å²) >= 11 is 0. The fraction of sp³-hybridized carbons (Fsp3) is 0.923. The number of hydrogen-bond donors (Lipinski definition) is 1. The highest BCUT2D eigenvalue weighted by Crippen LogP contribution is 2.08. The van der Waals surface area contributed by atoms with Gasteiger partial charge in [0.05, 0.1) is 13.0 Å². The molecule has 4 heteroatoms. The Bertz CT molecular complexity index is 227. The topological polar surface area (TPSA) is 41.6 Å². The van der Waals surface area contributed by atoms with Gasteiger partial charge in [0.1, 0.15) is 0 Å². The summed E-state index contributed by atoms with van der Waals surface area (Å²) in [6.07, 6.45) is 4.03. The number of hydrogen-bond acceptors (Lipinski definition) is 4. The molecule has 0 saturated carbocycles. The highest BCUT2D eigenvalue weighted by Gasteiger charge is 2.20. The molecule has 0 aliphatic carbocycles. The summed E-state index contributed by atoms with van der Waals surface area (Å²) < 4.78 is 4.74. The van der Waals surface area contributed by atoms with Crippen molar-refractivity contribution in [2.24, 2.45) is 5.92 Å². The van der Waals surface area contributed by atoms with Gasteiger partial charge >= 0.3 is 5.97 Å². The molecule has 0 aromatic rings. The van der Waals surface area contributed by atoms with Crippen molar-refractivity contribution in [1.82, 2.24) is 10.2 Å². The van der Waals surface area contributed by atoms with E-state index in [2.05, 4.69) is 10.2 Å². The van der Waals surface area contributed by atoms with Crippen molar-refractivity contribution in [3.05, 3.63) is 0 Å². The van der Waals surface area contributed by atoms with Crippen LogP contribution in [-0.2, 0) is 9.53 Å². The molecule has 100 valence electrons. The minimum atomic E-state index is -0.136. The second-order valence-electron chi connectivity index (χ2n) is 4.96. The van der Waals surface area contributed by atoms with Gasteiger partial charge in [-0.15, -0.1) is 0 Å². The predicted octanol–water partition coefficient (Wildman–Crippen LogP) is 1.26. The second kappa shape index (κ2) is 7.67. The van der Waals surface area contributed by atoms with E-state index in [9.17, 15) is 4.79 Å². The summed E-state index contributed by atoms with van der Waals surface area (Å²) in [5.74, 6) is -0.218. The van der Waals surface area contributed by atoms with Crippen LogP contribution in [0.3, 0.4) is 0 Å². The van der Waals surface area contributed by atoms with Gasteiger partial charge in [-0.05, 0) is 32.9 Å². The Labute approximate surface area is 105 Å². The van der Waals surface area contributed by atoms with E-state index >= 15 is 0 Å². The molecule has 1 N–H and O–H groups in total. The predicted molar refractivity (Wildman–Crippen MR) is 68.9 cm³/mol. The number of esters is 1. The number of nitrogens with one attached hydrogen (secondary N) is 1. The van der Waals surface area contributed by atoms with Gasteiger partial charge in [-0.3, -0.25) is 4.79 Å². The van der Waals surface area contributed by atoms with Crippen molar-refractivity contribution in [2.45, 2.75) is 39.2 Å². The van der Waals surface area contributed by atoms with Crippen LogP contribution < -0.4 is 5.32 Å². The molecule has 0 radical (unpaired) electrons. The first-order valence-corrected chi connectivity index (χ1v) is 6.68. The SMILES string of the molecule is COC(=O)C(C)C(C)NCCN1CCCCC1. The van der Waals surface area contributed by atoms with Crippen molar-refractivity contribution >= 4 is 5.97 Å². The van der Waals surface area contributed by atoms with Gasteiger partial charge in [0, 0.05) is 19.1 Å². The smallest absolute Gasteiger partial charge is 0.309 e. The lowest BCUT2D eigenvalue weighted by molar-refractivity contribution is -0.145. The molecule has 2 atom stereocenters. The summed E-state index contributed by atoms with van der Waals surface area (Å²) in [6, 6.07) is 0.173. The largest absolute Gasteiger partial charge is 0.469 e.